The van der Waals surface area contributed by atoms with Crippen LogP contribution >= 0.6 is 15.9 Å². The molecular formula is C24H19BrN4O. The Morgan fingerprint density at radius 1 is 1.03 bits per heavy atom. The number of halogens is 1. The molecule has 0 aliphatic carbocycles. The van der Waals surface area contributed by atoms with Crippen LogP contribution in [-0.2, 0) is 0 Å². The van der Waals surface area contributed by atoms with Crippen LogP contribution in [0.3, 0.4) is 0 Å². The molecule has 1 amide bonds. The normalized spacial score (nSPS) is 11.0. The molecule has 0 spiro atoms. The molecule has 3 aromatic carbocycles. The van der Waals surface area contributed by atoms with Crippen LogP contribution in [0.4, 0.5) is 0 Å². The number of amides is 1. The summed E-state index contributed by atoms with van der Waals surface area (Å²) in [6, 6.07) is 25.2. The number of hydrogen-bond donors (Lipinski definition) is 1. The van der Waals surface area contributed by atoms with E-state index in [1.807, 2.05) is 84.5 Å². The summed E-state index contributed by atoms with van der Waals surface area (Å²) in [4.78, 5) is 12.4. The smallest absolute Gasteiger partial charge is 0.267 e. The second-order valence-electron chi connectivity index (χ2n) is 6.76. The number of hydrazone groups is 1. The van der Waals surface area contributed by atoms with Gasteiger partial charge in [0.25, 0.3) is 5.91 Å². The van der Waals surface area contributed by atoms with E-state index in [0.717, 1.165) is 32.5 Å². The SMILES string of the molecule is Cc1cccc(-c2nn(-c3ccccc3)cc2C=NNC(=O)c2ccccc2Br)c1. The maximum atomic E-state index is 12.4. The molecule has 0 bridgehead atoms. The number of para-hydroxylation sites is 1. The zero-order valence-corrected chi connectivity index (χ0v) is 17.9. The van der Waals surface area contributed by atoms with Crippen molar-refractivity contribution in [2.45, 2.75) is 6.92 Å². The van der Waals surface area contributed by atoms with Crippen molar-refractivity contribution in [3.63, 3.8) is 0 Å². The summed E-state index contributed by atoms with van der Waals surface area (Å²) in [6.45, 7) is 2.05. The number of carbonyl (C=O) groups is 1. The van der Waals surface area contributed by atoms with Crippen molar-refractivity contribution in [2.75, 3.05) is 0 Å². The van der Waals surface area contributed by atoms with Gasteiger partial charge >= 0.3 is 0 Å². The van der Waals surface area contributed by atoms with Gasteiger partial charge in [0, 0.05) is 21.8 Å². The maximum absolute atomic E-state index is 12.4. The van der Waals surface area contributed by atoms with Gasteiger partial charge in [0.05, 0.1) is 17.5 Å². The standard InChI is InChI=1S/C24H19BrN4O/c1-17-8-7-9-18(14-17)23-19(16-29(28-23)20-10-3-2-4-11-20)15-26-27-24(30)21-12-5-6-13-22(21)25/h2-16H,1H3,(H,27,30). The number of nitrogens with one attached hydrogen (secondary N) is 1. The topological polar surface area (TPSA) is 59.3 Å². The first-order valence-corrected chi connectivity index (χ1v) is 10.2. The fourth-order valence-electron chi connectivity index (χ4n) is 3.08. The van der Waals surface area contributed by atoms with Crippen LogP contribution in [0.5, 0.6) is 0 Å². The Bertz CT molecular complexity index is 1210. The van der Waals surface area contributed by atoms with Gasteiger partial charge < -0.3 is 0 Å². The van der Waals surface area contributed by atoms with Crippen LogP contribution in [0, 0.1) is 6.92 Å². The predicted octanol–water partition coefficient (Wildman–Crippen LogP) is 5.37. The Labute approximate surface area is 183 Å². The van der Waals surface area contributed by atoms with Crippen LogP contribution in [0.2, 0.25) is 0 Å². The molecule has 0 radical (unpaired) electrons. The van der Waals surface area contributed by atoms with E-state index >= 15 is 0 Å². The summed E-state index contributed by atoms with van der Waals surface area (Å²) < 4.78 is 2.53. The Hall–Kier alpha value is -3.51. The quantitative estimate of drug-likeness (QED) is 0.322. The highest BCUT2D eigenvalue weighted by Gasteiger charge is 2.12. The Morgan fingerprint density at radius 2 is 1.80 bits per heavy atom. The van der Waals surface area contributed by atoms with Crippen molar-refractivity contribution in [3.05, 3.63) is 106 Å². The van der Waals surface area contributed by atoms with Gasteiger partial charge in [-0.3, -0.25) is 4.79 Å². The average molecular weight is 459 g/mol. The Kier molecular flexibility index (Phi) is 5.86. The Balaban J connectivity index is 1.66. The van der Waals surface area contributed by atoms with Crippen molar-refractivity contribution in [2.24, 2.45) is 5.10 Å². The van der Waals surface area contributed by atoms with E-state index in [9.17, 15) is 4.79 Å². The molecule has 1 N–H and O–H groups in total. The molecular weight excluding hydrogens is 440 g/mol. The number of hydrogen-bond acceptors (Lipinski definition) is 3. The number of rotatable bonds is 5. The van der Waals surface area contributed by atoms with E-state index in [2.05, 4.69) is 32.5 Å². The van der Waals surface area contributed by atoms with Gasteiger partial charge in [-0.1, -0.05) is 54.1 Å². The minimum absolute atomic E-state index is 0.286. The summed E-state index contributed by atoms with van der Waals surface area (Å²) >= 11 is 3.39. The van der Waals surface area contributed by atoms with Gasteiger partial charge in [0.15, 0.2) is 0 Å². The molecule has 148 valence electrons. The molecule has 0 aliphatic rings. The lowest BCUT2D eigenvalue weighted by atomic mass is 10.1. The van der Waals surface area contributed by atoms with Crippen molar-refractivity contribution >= 4 is 28.1 Å². The van der Waals surface area contributed by atoms with E-state index in [1.54, 1.807) is 12.3 Å². The van der Waals surface area contributed by atoms with Gasteiger partial charge in [-0.25, -0.2) is 10.1 Å². The van der Waals surface area contributed by atoms with Gasteiger partial charge in [0.1, 0.15) is 5.69 Å². The van der Waals surface area contributed by atoms with E-state index < -0.39 is 0 Å². The third kappa shape index (κ3) is 4.39. The largest absolute Gasteiger partial charge is 0.272 e. The van der Waals surface area contributed by atoms with E-state index in [4.69, 9.17) is 5.10 Å². The van der Waals surface area contributed by atoms with Crippen LogP contribution in [0.1, 0.15) is 21.5 Å². The predicted molar refractivity (Wildman–Crippen MR) is 123 cm³/mol. The van der Waals surface area contributed by atoms with Crippen LogP contribution in [0.25, 0.3) is 16.9 Å². The van der Waals surface area contributed by atoms with Gasteiger partial charge in [-0.05, 0) is 53.2 Å². The van der Waals surface area contributed by atoms with Crippen molar-refractivity contribution < 1.29 is 4.79 Å². The lowest BCUT2D eigenvalue weighted by molar-refractivity contribution is 0.0954. The highest BCUT2D eigenvalue weighted by Crippen LogP contribution is 2.23. The molecule has 1 heterocycles. The molecule has 0 aliphatic heterocycles. The summed E-state index contributed by atoms with van der Waals surface area (Å²) in [6.07, 6.45) is 3.53. The first kappa shape index (κ1) is 19.8. The summed E-state index contributed by atoms with van der Waals surface area (Å²) in [7, 11) is 0. The molecule has 6 heteroatoms. The zero-order chi connectivity index (χ0) is 20.9. The monoisotopic (exact) mass is 458 g/mol. The number of aromatic nitrogens is 2. The van der Waals surface area contributed by atoms with Gasteiger partial charge in [-0.2, -0.15) is 10.2 Å². The fraction of sp³-hybridized carbons (Fsp3) is 0.0417. The first-order chi connectivity index (χ1) is 14.6. The molecule has 0 unspecified atom stereocenters. The van der Waals surface area contributed by atoms with E-state index in [-0.39, 0.29) is 5.91 Å². The highest BCUT2D eigenvalue weighted by atomic mass is 79.9. The molecule has 0 saturated carbocycles. The van der Waals surface area contributed by atoms with E-state index in [0.29, 0.717) is 5.56 Å². The second kappa shape index (κ2) is 8.88. The lowest BCUT2D eigenvalue weighted by Crippen LogP contribution is -2.18. The van der Waals surface area contributed by atoms with Crippen LogP contribution in [0.15, 0.2) is 94.6 Å². The van der Waals surface area contributed by atoms with E-state index in [1.165, 1.54) is 0 Å². The summed E-state index contributed by atoms with van der Waals surface area (Å²) in [5.41, 5.74) is 7.79. The first-order valence-electron chi connectivity index (χ1n) is 9.42. The Morgan fingerprint density at radius 3 is 2.57 bits per heavy atom. The zero-order valence-electron chi connectivity index (χ0n) is 16.3. The number of nitrogens with zero attached hydrogens (tertiary/aromatic N) is 3. The lowest BCUT2D eigenvalue weighted by Gasteiger charge is -2.02. The average Bonchev–Trinajstić information content (AvgIpc) is 3.19. The number of carbonyl (C=O) groups excluding carboxylic acids is 1. The van der Waals surface area contributed by atoms with Crippen molar-refractivity contribution in [1.29, 1.82) is 0 Å². The van der Waals surface area contributed by atoms with Crippen molar-refractivity contribution in [3.8, 4) is 16.9 Å². The molecule has 1 aromatic heterocycles. The molecule has 0 atom stereocenters. The minimum Gasteiger partial charge on any atom is -0.267 e. The third-order valence-corrected chi connectivity index (χ3v) is 5.23. The molecule has 4 rings (SSSR count). The van der Waals surface area contributed by atoms with Crippen LogP contribution < -0.4 is 5.43 Å². The summed E-state index contributed by atoms with van der Waals surface area (Å²) in [5, 5.41) is 8.94. The minimum atomic E-state index is -0.286. The second-order valence-corrected chi connectivity index (χ2v) is 7.62. The van der Waals surface area contributed by atoms with Crippen LogP contribution in [-0.4, -0.2) is 21.9 Å². The molecule has 0 saturated heterocycles. The fourth-order valence-corrected chi connectivity index (χ4v) is 3.54. The van der Waals surface area contributed by atoms with Crippen molar-refractivity contribution in [1.82, 2.24) is 15.2 Å². The number of aryl methyl sites for hydroxylation is 1. The molecule has 5 nitrogen and oxygen atoms in total. The third-order valence-electron chi connectivity index (χ3n) is 4.54. The molecule has 4 aromatic rings. The van der Waals surface area contributed by atoms with Gasteiger partial charge in [-0.15, -0.1) is 0 Å². The summed E-state index contributed by atoms with van der Waals surface area (Å²) in [5.74, 6) is -0.286. The molecule has 0 fully saturated rings. The highest BCUT2D eigenvalue weighted by molar-refractivity contribution is 9.10. The number of benzene rings is 3. The van der Waals surface area contributed by atoms with Gasteiger partial charge in [0.2, 0.25) is 0 Å². The maximum Gasteiger partial charge on any atom is 0.272 e. The molecule has 30 heavy (non-hydrogen) atoms.